The van der Waals surface area contributed by atoms with Gasteiger partial charge in [-0.2, -0.15) is 0 Å². The standard InChI is InChI=1S/C24H28FN3O2S/c1-18-22(10-16-30-21-9-3-2-8-20(21)25)31-23(27-18)24(29)11-6-14-28(15-12-24)17-19-7-4-5-13-26-19/h2-5,7-9,13,29H,6,10-12,14-17H2,1H3. The highest BCUT2D eigenvalue weighted by Crippen LogP contribution is 2.37. The predicted molar refractivity (Wildman–Crippen MR) is 120 cm³/mol. The van der Waals surface area contributed by atoms with Gasteiger partial charge < -0.3 is 9.84 Å². The van der Waals surface area contributed by atoms with Gasteiger partial charge in [-0.05, 0) is 57.0 Å². The van der Waals surface area contributed by atoms with Crippen LogP contribution in [-0.4, -0.2) is 39.7 Å². The van der Waals surface area contributed by atoms with Gasteiger partial charge in [0.05, 0.1) is 18.0 Å². The smallest absolute Gasteiger partial charge is 0.165 e. The number of aliphatic hydroxyl groups is 1. The maximum absolute atomic E-state index is 13.7. The Morgan fingerprint density at radius 3 is 2.81 bits per heavy atom. The summed E-state index contributed by atoms with van der Waals surface area (Å²) >= 11 is 1.55. The molecule has 0 spiro atoms. The van der Waals surface area contributed by atoms with E-state index >= 15 is 0 Å². The lowest BCUT2D eigenvalue weighted by atomic mass is 9.96. The molecule has 164 valence electrons. The Morgan fingerprint density at radius 1 is 1.16 bits per heavy atom. The highest BCUT2D eigenvalue weighted by molar-refractivity contribution is 7.11. The summed E-state index contributed by atoms with van der Waals surface area (Å²) in [6, 6.07) is 12.4. The molecule has 7 heteroatoms. The topological polar surface area (TPSA) is 58.5 Å². The molecule has 3 heterocycles. The van der Waals surface area contributed by atoms with E-state index in [1.165, 1.54) is 6.07 Å². The maximum Gasteiger partial charge on any atom is 0.165 e. The SMILES string of the molecule is Cc1nc(C2(O)CCCN(Cc3ccccn3)CC2)sc1CCOc1ccccc1F. The van der Waals surface area contributed by atoms with Crippen molar-refractivity contribution in [1.82, 2.24) is 14.9 Å². The van der Waals surface area contributed by atoms with Crippen molar-refractivity contribution in [2.75, 3.05) is 19.7 Å². The summed E-state index contributed by atoms with van der Waals surface area (Å²) in [5.41, 5.74) is 1.06. The fraction of sp³-hybridized carbons (Fsp3) is 0.417. The normalized spacial score (nSPS) is 19.8. The molecule has 0 amide bonds. The summed E-state index contributed by atoms with van der Waals surface area (Å²) in [7, 11) is 0. The number of likely N-dealkylation sites (tertiary alicyclic amines) is 1. The lowest BCUT2D eigenvalue weighted by Gasteiger charge is -2.24. The summed E-state index contributed by atoms with van der Waals surface area (Å²) < 4.78 is 19.3. The number of nitrogens with zero attached hydrogens (tertiary/aromatic N) is 3. The minimum Gasteiger partial charge on any atom is -0.490 e. The number of thiazole rings is 1. The molecule has 0 radical (unpaired) electrons. The number of pyridine rings is 1. The van der Waals surface area contributed by atoms with Gasteiger partial charge in [-0.25, -0.2) is 9.37 Å². The van der Waals surface area contributed by atoms with Crippen molar-refractivity contribution in [3.63, 3.8) is 0 Å². The van der Waals surface area contributed by atoms with Crippen molar-refractivity contribution in [2.45, 2.75) is 44.8 Å². The van der Waals surface area contributed by atoms with Crippen LogP contribution >= 0.6 is 11.3 Å². The number of aryl methyl sites for hydroxylation is 1. The molecule has 1 unspecified atom stereocenters. The van der Waals surface area contributed by atoms with Crippen LogP contribution in [0.15, 0.2) is 48.7 Å². The van der Waals surface area contributed by atoms with Crippen LogP contribution in [0.2, 0.25) is 0 Å². The van der Waals surface area contributed by atoms with E-state index in [9.17, 15) is 9.50 Å². The number of para-hydroxylation sites is 1. The number of hydrogen-bond donors (Lipinski definition) is 1. The van der Waals surface area contributed by atoms with E-state index in [1.807, 2.05) is 31.3 Å². The molecule has 0 aliphatic carbocycles. The summed E-state index contributed by atoms with van der Waals surface area (Å²) in [5, 5.41) is 12.2. The number of benzene rings is 1. The van der Waals surface area contributed by atoms with E-state index in [2.05, 4.69) is 9.88 Å². The maximum atomic E-state index is 13.7. The Kier molecular flexibility index (Phi) is 6.95. The molecule has 2 aromatic heterocycles. The molecule has 1 aliphatic rings. The Hall–Kier alpha value is -2.35. The van der Waals surface area contributed by atoms with Crippen molar-refractivity contribution < 1.29 is 14.2 Å². The second-order valence-electron chi connectivity index (χ2n) is 8.04. The molecule has 1 fully saturated rings. The van der Waals surface area contributed by atoms with E-state index in [1.54, 1.807) is 29.5 Å². The van der Waals surface area contributed by atoms with Gasteiger partial charge in [0, 0.05) is 30.6 Å². The summed E-state index contributed by atoms with van der Waals surface area (Å²) in [6.45, 7) is 4.88. The quantitative estimate of drug-likeness (QED) is 0.586. The molecule has 31 heavy (non-hydrogen) atoms. The van der Waals surface area contributed by atoms with E-state index in [0.29, 0.717) is 25.9 Å². The molecule has 1 saturated heterocycles. The van der Waals surface area contributed by atoms with Gasteiger partial charge >= 0.3 is 0 Å². The summed E-state index contributed by atoms with van der Waals surface area (Å²) in [5.74, 6) is -0.0903. The average Bonchev–Trinajstić information content (AvgIpc) is 3.04. The second-order valence-corrected chi connectivity index (χ2v) is 9.12. The molecule has 3 aromatic rings. The van der Waals surface area contributed by atoms with Crippen molar-refractivity contribution in [1.29, 1.82) is 0 Å². The van der Waals surface area contributed by atoms with E-state index in [-0.39, 0.29) is 11.6 Å². The van der Waals surface area contributed by atoms with Crippen molar-refractivity contribution >= 4 is 11.3 Å². The van der Waals surface area contributed by atoms with Crippen molar-refractivity contribution in [3.8, 4) is 5.75 Å². The van der Waals surface area contributed by atoms with Gasteiger partial charge in [0.1, 0.15) is 10.6 Å². The lowest BCUT2D eigenvalue weighted by Crippen LogP contribution is -2.29. The van der Waals surface area contributed by atoms with Crippen LogP contribution in [0.4, 0.5) is 4.39 Å². The van der Waals surface area contributed by atoms with Gasteiger partial charge in [-0.15, -0.1) is 11.3 Å². The molecule has 0 saturated carbocycles. The van der Waals surface area contributed by atoms with Gasteiger partial charge in [-0.3, -0.25) is 9.88 Å². The molecule has 1 aliphatic heterocycles. The largest absolute Gasteiger partial charge is 0.490 e. The Bertz CT molecular complexity index is 997. The van der Waals surface area contributed by atoms with Crippen molar-refractivity contribution in [2.24, 2.45) is 0 Å². The van der Waals surface area contributed by atoms with Crippen LogP contribution in [0.1, 0.15) is 40.5 Å². The first kappa shape index (κ1) is 21.9. The van der Waals surface area contributed by atoms with Crippen LogP contribution in [0.5, 0.6) is 5.75 Å². The van der Waals surface area contributed by atoms with Crippen LogP contribution in [-0.2, 0) is 18.6 Å². The monoisotopic (exact) mass is 441 g/mol. The third kappa shape index (κ3) is 5.47. The van der Waals surface area contributed by atoms with E-state index < -0.39 is 5.60 Å². The Balaban J connectivity index is 1.37. The Morgan fingerprint density at radius 2 is 2.00 bits per heavy atom. The minimum absolute atomic E-state index is 0.264. The predicted octanol–water partition coefficient (Wildman–Crippen LogP) is 4.48. The van der Waals surface area contributed by atoms with Crippen LogP contribution < -0.4 is 4.74 Å². The second kappa shape index (κ2) is 9.85. The fourth-order valence-electron chi connectivity index (χ4n) is 3.94. The number of rotatable bonds is 7. The third-order valence-electron chi connectivity index (χ3n) is 5.73. The Labute approximate surface area is 186 Å². The molecule has 5 nitrogen and oxygen atoms in total. The minimum atomic E-state index is -0.904. The molecule has 1 aromatic carbocycles. The molecule has 1 N–H and O–H groups in total. The number of aromatic nitrogens is 2. The molecule has 4 rings (SSSR count). The number of halogens is 1. The zero-order chi connectivity index (χ0) is 21.7. The fourth-order valence-corrected chi connectivity index (χ4v) is 5.13. The van der Waals surface area contributed by atoms with Gasteiger partial charge in [0.25, 0.3) is 0 Å². The zero-order valence-electron chi connectivity index (χ0n) is 17.8. The third-order valence-corrected chi connectivity index (χ3v) is 7.14. The highest BCUT2D eigenvalue weighted by atomic mass is 32.1. The van der Waals surface area contributed by atoms with Crippen LogP contribution in [0.3, 0.4) is 0 Å². The number of ether oxygens (including phenoxy) is 1. The van der Waals surface area contributed by atoms with Gasteiger partial charge in [-0.1, -0.05) is 18.2 Å². The molecular formula is C24H28FN3O2S. The average molecular weight is 442 g/mol. The first-order valence-electron chi connectivity index (χ1n) is 10.7. The first-order valence-corrected chi connectivity index (χ1v) is 11.5. The lowest BCUT2D eigenvalue weighted by molar-refractivity contribution is 0.0206. The first-order chi connectivity index (χ1) is 15.0. The van der Waals surface area contributed by atoms with Gasteiger partial charge in [0.15, 0.2) is 11.6 Å². The molecule has 1 atom stereocenters. The van der Waals surface area contributed by atoms with E-state index in [0.717, 1.165) is 47.3 Å². The zero-order valence-corrected chi connectivity index (χ0v) is 18.6. The molecular weight excluding hydrogens is 413 g/mol. The summed E-state index contributed by atoms with van der Waals surface area (Å²) in [6.07, 6.45) is 4.72. The summed E-state index contributed by atoms with van der Waals surface area (Å²) in [4.78, 5) is 12.6. The van der Waals surface area contributed by atoms with E-state index in [4.69, 9.17) is 9.72 Å². The van der Waals surface area contributed by atoms with Crippen molar-refractivity contribution in [3.05, 3.63) is 75.8 Å². The van der Waals surface area contributed by atoms with Crippen LogP contribution in [0.25, 0.3) is 0 Å². The van der Waals surface area contributed by atoms with Gasteiger partial charge in [0.2, 0.25) is 0 Å². The molecule has 0 bridgehead atoms. The van der Waals surface area contributed by atoms with Crippen LogP contribution in [0, 0.1) is 12.7 Å². The highest BCUT2D eigenvalue weighted by Gasteiger charge is 2.35. The number of hydrogen-bond acceptors (Lipinski definition) is 6.